The smallest absolute Gasteiger partial charge is 0.355 e. The van der Waals surface area contributed by atoms with Crippen molar-refractivity contribution in [2.45, 2.75) is 6.18 Å². The molecule has 0 amide bonds. The van der Waals surface area contributed by atoms with Crippen LogP contribution in [0.15, 0.2) is 48.7 Å². The van der Waals surface area contributed by atoms with Crippen LogP contribution in [-0.4, -0.2) is 4.98 Å². The second kappa shape index (κ2) is 5.49. The first-order valence-electron chi connectivity index (χ1n) is 6.52. The second-order valence-corrected chi connectivity index (χ2v) is 4.85. The molecule has 0 atom stereocenters. The molecule has 0 aliphatic heterocycles. The first-order chi connectivity index (χ1) is 10.8. The molecule has 1 aromatic heterocycles. The average molecular weight is 324 g/mol. The van der Waals surface area contributed by atoms with Crippen LogP contribution in [0.3, 0.4) is 0 Å². The summed E-state index contributed by atoms with van der Waals surface area (Å²) in [4.78, 5) is 3.82. The highest BCUT2D eigenvalue weighted by Gasteiger charge is 2.30. The summed E-state index contributed by atoms with van der Waals surface area (Å²) in [6, 6.07) is 7.73. The number of anilines is 2. The summed E-state index contributed by atoms with van der Waals surface area (Å²) in [5, 5.41) is 2.88. The van der Waals surface area contributed by atoms with Crippen LogP contribution in [0.1, 0.15) is 5.56 Å². The molecule has 0 fully saturated rings. The maximum atomic E-state index is 13.7. The first-order valence-corrected chi connectivity index (χ1v) is 6.52. The van der Waals surface area contributed by atoms with E-state index in [-0.39, 0.29) is 22.3 Å². The third-order valence-electron chi connectivity index (χ3n) is 3.23. The van der Waals surface area contributed by atoms with Gasteiger partial charge in [-0.15, -0.1) is 0 Å². The molecule has 23 heavy (non-hydrogen) atoms. The van der Waals surface area contributed by atoms with E-state index in [1.54, 1.807) is 0 Å². The van der Waals surface area contributed by atoms with Gasteiger partial charge in [-0.25, -0.2) is 8.78 Å². The summed E-state index contributed by atoms with van der Waals surface area (Å²) in [5.74, 6) is -1.64. The normalized spacial score (nSPS) is 11.7. The van der Waals surface area contributed by atoms with Crippen molar-refractivity contribution in [1.29, 1.82) is 0 Å². The topological polar surface area (TPSA) is 24.9 Å². The third-order valence-corrected chi connectivity index (χ3v) is 3.23. The van der Waals surface area contributed by atoms with Gasteiger partial charge >= 0.3 is 6.18 Å². The molecule has 3 rings (SSSR count). The molecule has 2 aromatic carbocycles. The average Bonchev–Trinajstić information content (AvgIpc) is 2.47. The quantitative estimate of drug-likeness (QED) is 0.649. The van der Waals surface area contributed by atoms with Gasteiger partial charge in [-0.05, 0) is 30.3 Å². The van der Waals surface area contributed by atoms with E-state index in [4.69, 9.17) is 0 Å². The maximum absolute atomic E-state index is 13.7. The monoisotopic (exact) mass is 324 g/mol. The molecule has 0 saturated carbocycles. The Morgan fingerprint density at radius 3 is 2.48 bits per heavy atom. The largest absolute Gasteiger partial charge is 0.416 e. The molecule has 0 spiro atoms. The highest BCUT2D eigenvalue weighted by molar-refractivity contribution is 5.93. The second-order valence-electron chi connectivity index (χ2n) is 4.85. The number of alkyl halides is 3. The number of aromatic nitrogens is 1. The van der Waals surface area contributed by atoms with Crippen molar-refractivity contribution >= 4 is 22.3 Å². The molecule has 0 radical (unpaired) electrons. The summed E-state index contributed by atoms with van der Waals surface area (Å²) < 4.78 is 65.3. The van der Waals surface area contributed by atoms with Crippen LogP contribution in [0, 0.1) is 11.6 Å². The Labute approximate surface area is 127 Å². The fraction of sp³-hybridized carbons (Fsp3) is 0.0625. The van der Waals surface area contributed by atoms with Gasteiger partial charge in [0, 0.05) is 29.0 Å². The summed E-state index contributed by atoms with van der Waals surface area (Å²) in [5.41, 5.74) is -0.480. The van der Waals surface area contributed by atoms with Crippen molar-refractivity contribution in [2.24, 2.45) is 0 Å². The molecule has 0 saturated heterocycles. The van der Waals surface area contributed by atoms with Crippen LogP contribution >= 0.6 is 0 Å². The number of halogens is 5. The van der Waals surface area contributed by atoms with E-state index in [1.165, 1.54) is 24.4 Å². The zero-order valence-corrected chi connectivity index (χ0v) is 11.5. The number of hydrogen-bond donors (Lipinski definition) is 1. The maximum Gasteiger partial charge on any atom is 0.416 e. The minimum absolute atomic E-state index is 0.0663. The Bertz CT molecular complexity index is 874. The number of pyridine rings is 1. The number of rotatable bonds is 2. The lowest BCUT2D eigenvalue weighted by molar-refractivity contribution is -0.137. The third kappa shape index (κ3) is 3.08. The highest BCUT2D eigenvalue weighted by Crippen LogP contribution is 2.32. The molecular formula is C16H9F5N2. The van der Waals surface area contributed by atoms with E-state index in [0.29, 0.717) is 6.07 Å². The van der Waals surface area contributed by atoms with E-state index in [2.05, 4.69) is 10.3 Å². The van der Waals surface area contributed by atoms with Crippen LogP contribution in [0.4, 0.5) is 33.3 Å². The van der Waals surface area contributed by atoms with Gasteiger partial charge in [0.1, 0.15) is 11.3 Å². The van der Waals surface area contributed by atoms with E-state index in [9.17, 15) is 22.0 Å². The van der Waals surface area contributed by atoms with Gasteiger partial charge < -0.3 is 5.32 Å². The summed E-state index contributed by atoms with van der Waals surface area (Å²) >= 11 is 0. The van der Waals surface area contributed by atoms with Gasteiger partial charge in [0.15, 0.2) is 5.82 Å². The lowest BCUT2D eigenvalue weighted by Gasteiger charge is -2.12. The summed E-state index contributed by atoms with van der Waals surface area (Å²) in [7, 11) is 0. The Morgan fingerprint density at radius 2 is 1.74 bits per heavy atom. The van der Waals surface area contributed by atoms with Gasteiger partial charge in [-0.2, -0.15) is 13.2 Å². The van der Waals surface area contributed by atoms with E-state index < -0.39 is 23.4 Å². The molecule has 0 bridgehead atoms. The van der Waals surface area contributed by atoms with Crippen molar-refractivity contribution in [3.63, 3.8) is 0 Å². The summed E-state index contributed by atoms with van der Waals surface area (Å²) in [6.45, 7) is 0. The van der Waals surface area contributed by atoms with Crippen molar-refractivity contribution < 1.29 is 22.0 Å². The Morgan fingerprint density at radius 1 is 0.957 bits per heavy atom. The molecule has 3 aromatic rings. The van der Waals surface area contributed by atoms with Crippen LogP contribution in [0.2, 0.25) is 0 Å². The Kier molecular flexibility index (Phi) is 3.63. The lowest BCUT2D eigenvalue weighted by atomic mass is 10.1. The molecule has 0 aliphatic rings. The van der Waals surface area contributed by atoms with Gasteiger partial charge in [0.05, 0.1) is 5.56 Å². The molecular weight excluding hydrogens is 315 g/mol. The zero-order chi connectivity index (χ0) is 16.6. The molecule has 1 heterocycles. The molecule has 0 unspecified atom stereocenters. The fourth-order valence-corrected chi connectivity index (χ4v) is 2.22. The van der Waals surface area contributed by atoms with Crippen LogP contribution in [0.25, 0.3) is 10.9 Å². The standard InChI is InChI=1S/C16H9F5N2/c17-10-7-12-14(4-5-22-15(12)13(18)8-10)23-11-3-1-2-9(6-11)16(19,20)21/h1-8H,(H,22,23). The minimum atomic E-state index is -4.48. The Hall–Kier alpha value is -2.70. The van der Waals surface area contributed by atoms with E-state index in [0.717, 1.165) is 18.2 Å². The Balaban J connectivity index is 2.06. The first kappa shape index (κ1) is 15.2. The van der Waals surface area contributed by atoms with Gasteiger partial charge in [0.25, 0.3) is 0 Å². The van der Waals surface area contributed by atoms with Crippen LogP contribution < -0.4 is 5.32 Å². The highest BCUT2D eigenvalue weighted by atomic mass is 19.4. The predicted octanol–water partition coefficient (Wildman–Crippen LogP) is 5.28. The predicted molar refractivity (Wildman–Crippen MR) is 76.4 cm³/mol. The molecule has 0 aliphatic carbocycles. The zero-order valence-electron chi connectivity index (χ0n) is 11.5. The van der Waals surface area contributed by atoms with Crippen LogP contribution in [-0.2, 0) is 6.18 Å². The van der Waals surface area contributed by atoms with Crippen molar-refractivity contribution in [3.05, 3.63) is 65.9 Å². The molecule has 7 heteroatoms. The number of hydrogen-bond acceptors (Lipinski definition) is 2. The fourth-order valence-electron chi connectivity index (χ4n) is 2.22. The number of nitrogens with one attached hydrogen (secondary N) is 1. The molecule has 1 N–H and O–H groups in total. The van der Waals surface area contributed by atoms with Crippen molar-refractivity contribution in [2.75, 3.05) is 5.32 Å². The SMILES string of the molecule is Fc1cc(F)c2nccc(Nc3cccc(C(F)(F)F)c3)c2c1. The molecule has 118 valence electrons. The molecule has 2 nitrogen and oxygen atoms in total. The van der Waals surface area contributed by atoms with Crippen LogP contribution in [0.5, 0.6) is 0 Å². The van der Waals surface area contributed by atoms with E-state index in [1.807, 2.05) is 0 Å². The van der Waals surface area contributed by atoms with Gasteiger partial charge in [0.2, 0.25) is 0 Å². The minimum Gasteiger partial charge on any atom is -0.355 e. The number of fused-ring (bicyclic) bond motifs is 1. The van der Waals surface area contributed by atoms with E-state index >= 15 is 0 Å². The summed E-state index contributed by atoms with van der Waals surface area (Å²) in [6.07, 6.45) is -3.19. The van der Waals surface area contributed by atoms with Crippen molar-refractivity contribution in [1.82, 2.24) is 4.98 Å². The number of nitrogens with zero attached hydrogens (tertiary/aromatic N) is 1. The van der Waals surface area contributed by atoms with Crippen molar-refractivity contribution in [3.8, 4) is 0 Å². The number of benzene rings is 2. The van der Waals surface area contributed by atoms with Gasteiger partial charge in [-0.3, -0.25) is 4.98 Å². The van der Waals surface area contributed by atoms with Gasteiger partial charge in [-0.1, -0.05) is 6.07 Å². The lowest BCUT2D eigenvalue weighted by Crippen LogP contribution is -2.05.